The summed E-state index contributed by atoms with van der Waals surface area (Å²) < 4.78 is 27.4. The van der Waals surface area contributed by atoms with Gasteiger partial charge in [-0.2, -0.15) is 4.31 Å². The number of aromatic amines is 1. The van der Waals surface area contributed by atoms with E-state index in [-0.39, 0.29) is 10.6 Å². The molecule has 2 saturated heterocycles. The van der Waals surface area contributed by atoms with E-state index in [0.29, 0.717) is 50.9 Å². The van der Waals surface area contributed by atoms with E-state index >= 15 is 0 Å². The first-order chi connectivity index (χ1) is 14.4. The average molecular weight is 435 g/mol. The Kier molecular flexibility index (Phi) is 5.76. The molecular weight excluding hydrogens is 408 g/mol. The second-order valence-electron chi connectivity index (χ2n) is 7.85. The lowest BCUT2D eigenvalue weighted by Gasteiger charge is -2.33. The van der Waals surface area contributed by atoms with Crippen LogP contribution in [0.25, 0.3) is 0 Å². The Hall–Kier alpha value is -2.50. The third-order valence-electron chi connectivity index (χ3n) is 5.99. The maximum atomic E-state index is 13.0. The summed E-state index contributed by atoms with van der Waals surface area (Å²) in [5.74, 6) is 1.24. The van der Waals surface area contributed by atoms with Crippen molar-refractivity contribution in [2.75, 3.05) is 51.2 Å². The monoisotopic (exact) mass is 434 g/mol. The molecule has 2 aliphatic heterocycles. The number of benzene rings is 1. The van der Waals surface area contributed by atoms with Gasteiger partial charge in [0.15, 0.2) is 0 Å². The van der Waals surface area contributed by atoms with Crippen LogP contribution < -0.4 is 4.90 Å². The Morgan fingerprint density at radius 1 is 1.13 bits per heavy atom. The van der Waals surface area contributed by atoms with Gasteiger partial charge in [0.05, 0.1) is 9.82 Å². The fraction of sp³-hybridized carbons (Fsp3) is 0.526. The molecule has 162 valence electrons. The molecule has 0 spiro atoms. The molecule has 0 amide bonds. The van der Waals surface area contributed by atoms with Crippen LogP contribution in [0.3, 0.4) is 0 Å². The van der Waals surface area contributed by atoms with Crippen molar-refractivity contribution in [2.24, 2.45) is 0 Å². The predicted octanol–water partition coefficient (Wildman–Crippen LogP) is 1.64. The fourth-order valence-electron chi connectivity index (χ4n) is 4.15. The molecule has 1 N–H and O–H groups in total. The Morgan fingerprint density at radius 3 is 2.43 bits per heavy atom. The van der Waals surface area contributed by atoms with E-state index in [1.165, 1.54) is 16.4 Å². The molecule has 2 aliphatic rings. The van der Waals surface area contributed by atoms with Crippen molar-refractivity contribution in [1.29, 1.82) is 0 Å². The SMILES string of the molecule is CN1CCN(S(=O)(=O)c2ccc(N3CCC(c4ncc[nH]4)CC3)c([N+](=O)[O-])c2)CC1. The van der Waals surface area contributed by atoms with Crippen molar-refractivity contribution >= 4 is 21.4 Å². The molecule has 0 saturated carbocycles. The van der Waals surface area contributed by atoms with Crippen molar-refractivity contribution in [1.82, 2.24) is 19.2 Å². The van der Waals surface area contributed by atoms with Gasteiger partial charge in [0.2, 0.25) is 10.0 Å². The van der Waals surface area contributed by atoms with Gasteiger partial charge in [-0.1, -0.05) is 0 Å². The highest BCUT2D eigenvalue weighted by Crippen LogP contribution is 2.35. The summed E-state index contributed by atoms with van der Waals surface area (Å²) in [5.41, 5.74) is 0.303. The molecule has 10 nitrogen and oxygen atoms in total. The van der Waals surface area contributed by atoms with Crippen molar-refractivity contribution in [3.63, 3.8) is 0 Å². The number of sulfonamides is 1. The van der Waals surface area contributed by atoms with Crippen molar-refractivity contribution in [3.05, 3.63) is 46.5 Å². The Bertz CT molecular complexity index is 994. The van der Waals surface area contributed by atoms with Crippen LogP contribution in [0.4, 0.5) is 11.4 Å². The normalized spacial score (nSPS) is 19.8. The van der Waals surface area contributed by atoms with Crippen LogP contribution in [-0.2, 0) is 10.0 Å². The molecule has 1 aromatic heterocycles. The highest BCUT2D eigenvalue weighted by atomic mass is 32.2. The lowest BCUT2D eigenvalue weighted by molar-refractivity contribution is -0.384. The number of nitrogens with one attached hydrogen (secondary N) is 1. The molecule has 0 aliphatic carbocycles. The maximum absolute atomic E-state index is 13.0. The van der Waals surface area contributed by atoms with E-state index in [4.69, 9.17) is 0 Å². The highest BCUT2D eigenvalue weighted by Gasteiger charge is 2.32. The topological polar surface area (TPSA) is 116 Å². The van der Waals surface area contributed by atoms with Gasteiger partial charge in [-0.25, -0.2) is 13.4 Å². The largest absolute Gasteiger partial charge is 0.366 e. The molecule has 4 rings (SSSR count). The first kappa shape index (κ1) is 20.8. The molecule has 30 heavy (non-hydrogen) atoms. The summed E-state index contributed by atoms with van der Waals surface area (Å²) in [5, 5.41) is 11.8. The van der Waals surface area contributed by atoms with Crippen LogP contribution in [0, 0.1) is 10.1 Å². The zero-order chi connectivity index (χ0) is 21.3. The van der Waals surface area contributed by atoms with Gasteiger partial charge in [-0.05, 0) is 32.0 Å². The predicted molar refractivity (Wildman–Crippen MR) is 112 cm³/mol. The lowest BCUT2D eigenvalue weighted by Crippen LogP contribution is -2.47. The molecule has 0 radical (unpaired) electrons. The summed E-state index contributed by atoms with van der Waals surface area (Å²) in [6, 6.07) is 4.28. The number of nitrogens with zero attached hydrogens (tertiary/aromatic N) is 5. The number of anilines is 1. The summed E-state index contributed by atoms with van der Waals surface area (Å²) in [6.07, 6.45) is 5.18. The lowest BCUT2D eigenvalue weighted by atomic mass is 9.95. The van der Waals surface area contributed by atoms with Crippen molar-refractivity contribution in [3.8, 4) is 0 Å². The van der Waals surface area contributed by atoms with Crippen LogP contribution in [0.15, 0.2) is 35.5 Å². The van der Waals surface area contributed by atoms with E-state index in [0.717, 1.165) is 18.7 Å². The van der Waals surface area contributed by atoms with Gasteiger partial charge in [0, 0.05) is 63.6 Å². The molecule has 3 heterocycles. The molecule has 0 bridgehead atoms. The van der Waals surface area contributed by atoms with Gasteiger partial charge < -0.3 is 14.8 Å². The highest BCUT2D eigenvalue weighted by molar-refractivity contribution is 7.89. The molecule has 0 unspecified atom stereocenters. The smallest absolute Gasteiger partial charge is 0.293 e. The molecule has 0 atom stereocenters. The number of H-pyrrole nitrogens is 1. The number of imidazole rings is 1. The number of nitro groups is 1. The average Bonchev–Trinajstić information content (AvgIpc) is 3.28. The number of rotatable bonds is 5. The Labute approximate surface area is 175 Å². The second-order valence-corrected chi connectivity index (χ2v) is 9.79. The van der Waals surface area contributed by atoms with E-state index < -0.39 is 14.9 Å². The van der Waals surface area contributed by atoms with Crippen LogP contribution in [0.5, 0.6) is 0 Å². The van der Waals surface area contributed by atoms with Gasteiger partial charge in [0.1, 0.15) is 11.5 Å². The van der Waals surface area contributed by atoms with Gasteiger partial charge in [-0.3, -0.25) is 10.1 Å². The number of aromatic nitrogens is 2. The summed E-state index contributed by atoms with van der Waals surface area (Å²) in [6.45, 7) is 3.35. The number of piperidine rings is 1. The molecule has 1 aromatic carbocycles. The number of hydrogen-bond donors (Lipinski definition) is 1. The first-order valence-electron chi connectivity index (χ1n) is 10.1. The van der Waals surface area contributed by atoms with Gasteiger partial charge in [0.25, 0.3) is 5.69 Å². The summed E-state index contributed by atoms with van der Waals surface area (Å²) in [7, 11) is -1.81. The van der Waals surface area contributed by atoms with E-state index in [1.807, 2.05) is 11.9 Å². The van der Waals surface area contributed by atoms with Crippen LogP contribution >= 0.6 is 0 Å². The first-order valence-corrected chi connectivity index (χ1v) is 11.5. The Morgan fingerprint density at radius 2 is 1.83 bits per heavy atom. The van der Waals surface area contributed by atoms with E-state index in [2.05, 4.69) is 14.9 Å². The Balaban J connectivity index is 1.55. The summed E-state index contributed by atoms with van der Waals surface area (Å²) in [4.78, 5) is 22.7. The molecule has 11 heteroatoms. The molecule has 2 fully saturated rings. The number of piperazine rings is 1. The maximum Gasteiger partial charge on any atom is 0.293 e. The van der Waals surface area contributed by atoms with E-state index in [1.54, 1.807) is 18.5 Å². The number of likely N-dealkylation sites (N-methyl/N-ethyl adjacent to an activating group) is 1. The zero-order valence-corrected chi connectivity index (χ0v) is 17.7. The fourth-order valence-corrected chi connectivity index (χ4v) is 5.59. The molecule has 2 aromatic rings. The third kappa shape index (κ3) is 4.05. The third-order valence-corrected chi connectivity index (χ3v) is 7.88. The molecular formula is C19H26N6O4S. The minimum Gasteiger partial charge on any atom is -0.366 e. The van der Waals surface area contributed by atoms with Crippen molar-refractivity contribution < 1.29 is 13.3 Å². The number of nitro benzene ring substituents is 1. The summed E-state index contributed by atoms with van der Waals surface area (Å²) >= 11 is 0. The van der Waals surface area contributed by atoms with Crippen LogP contribution in [0.1, 0.15) is 24.6 Å². The van der Waals surface area contributed by atoms with Crippen LogP contribution in [-0.4, -0.2) is 78.8 Å². The minimum absolute atomic E-state index is 0.0204. The second kappa shape index (κ2) is 8.32. The van der Waals surface area contributed by atoms with Crippen LogP contribution in [0.2, 0.25) is 0 Å². The zero-order valence-electron chi connectivity index (χ0n) is 16.9. The quantitative estimate of drug-likeness (QED) is 0.562. The van der Waals surface area contributed by atoms with Crippen molar-refractivity contribution in [2.45, 2.75) is 23.7 Å². The van der Waals surface area contributed by atoms with E-state index in [9.17, 15) is 18.5 Å². The minimum atomic E-state index is -3.76. The standard InChI is InChI=1S/C19H26N6O4S/c1-22-10-12-24(13-11-22)30(28,29)16-2-3-17(18(14-16)25(26)27)23-8-4-15(5-9-23)19-20-6-7-21-19/h2-3,6-7,14-15H,4-5,8-13H2,1H3,(H,20,21). The van der Waals surface area contributed by atoms with Gasteiger partial charge >= 0.3 is 0 Å². The number of hydrogen-bond acceptors (Lipinski definition) is 7. The van der Waals surface area contributed by atoms with Gasteiger partial charge in [-0.15, -0.1) is 0 Å².